The van der Waals surface area contributed by atoms with E-state index in [2.05, 4.69) is 0 Å². The van der Waals surface area contributed by atoms with E-state index in [1.807, 2.05) is 6.92 Å². The second-order valence-electron chi connectivity index (χ2n) is 6.46. The first kappa shape index (κ1) is 17.5. The minimum absolute atomic E-state index is 0.0659. The number of piperidine rings is 1. The molecule has 3 nitrogen and oxygen atoms in total. The maximum absolute atomic E-state index is 13.4. The zero-order chi connectivity index (χ0) is 18.1. The molecule has 0 radical (unpaired) electrons. The van der Waals surface area contributed by atoms with E-state index in [4.69, 9.17) is 5.73 Å². The zero-order valence-corrected chi connectivity index (χ0v) is 13.8. The third-order valence-corrected chi connectivity index (χ3v) is 4.63. The van der Waals surface area contributed by atoms with Gasteiger partial charge in [-0.1, -0.05) is 12.1 Å². The van der Waals surface area contributed by atoms with Crippen molar-refractivity contribution in [2.45, 2.75) is 31.8 Å². The van der Waals surface area contributed by atoms with E-state index in [-0.39, 0.29) is 23.6 Å². The van der Waals surface area contributed by atoms with Crippen LogP contribution in [0.4, 0.5) is 13.2 Å². The summed E-state index contributed by atoms with van der Waals surface area (Å²) in [4.78, 5) is 14.4. The molecule has 1 amide bonds. The van der Waals surface area contributed by atoms with Crippen molar-refractivity contribution in [3.8, 4) is 11.1 Å². The Labute approximate surface area is 144 Å². The number of likely N-dealkylation sites (tertiary alicyclic amines) is 1. The van der Waals surface area contributed by atoms with Crippen LogP contribution < -0.4 is 5.73 Å². The first-order chi connectivity index (χ1) is 11.9. The summed E-state index contributed by atoms with van der Waals surface area (Å²) in [6, 6.07) is 8.46. The highest BCUT2D eigenvalue weighted by atomic mass is 19.2. The Morgan fingerprint density at radius 3 is 2.24 bits per heavy atom. The van der Waals surface area contributed by atoms with Crippen LogP contribution in [0.2, 0.25) is 0 Å². The summed E-state index contributed by atoms with van der Waals surface area (Å²) < 4.78 is 39.8. The van der Waals surface area contributed by atoms with Crippen molar-refractivity contribution in [1.82, 2.24) is 4.90 Å². The molecule has 1 aliphatic rings. The van der Waals surface area contributed by atoms with Gasteiger partial charge < -0.3 is 10.6 Å². The summed E-state index contributed by atoms with van der Waals surface area (Å²) in [5.74, 6) is -4.07. The Kier molecular flexibility index (Phi) is 4.81. The van der Waals surface area contributed by atoms with E-state index < -0.39 is 17.5 Å². The average Bonchev–Trinajstić information content (AvgIpc) is 2.59. The number of benzene rings is 2. The zero-order valence-electron chi connectivity index (χ0n) is 13.8. The molecule has 2 aromatic rings. The van der Waals surface area contributed by atoms with E-state index in [1.54, 1.807) is 29.2 Å². The van der Waals surface area contributed by atoms with Crippen molar-refractivity contribution in [1.29, 1.82) is 0 Å². The predicted molar refractivity (Wildman–Crippen MR) is 89.5 cm³/mol. The summed E-state index contributed by atoms with van der Waals surface area (Å²) in [7, 11) is 0. The standard InChI is InChI=1S/C19H19F3N2O/c1-11-8-15(23)6-7-24(11)19(25)13-4-2-12(3-5-13)14-9-16(20)18(22)17(21)10-14/h2-5,9-11,15H,6-8,23H2,1H3/t11-,15-/m1/s1. The summed E-state index contributed by atoms with van der Waals surface area (Å²) in [5, 5.41) is 0. The Morgan fingerprint density at radius 2 is 1.68 bits per heavy atom. The predicted octanol–water partition coefficient (Wildman–Crippen LogP) is 3.72. The fourth-order valence-electron chi connectivity index (χ4n) is 3.20. The van der Waals surface area contributed by atoms with Crippen LogP contribution in [-0.2, 0) is 0 Å². The fraction of sp³-hybridized carbons (Fsp3) is 0.316. The van der Waals surface area contributed by atoms with Crippen LogP contribution in [0.3, 0.4) is 0 Å². The lowest BCUT2D eigenvalue weighted by atomic mass is 9.97. The number of hydrogen-bond acceptors (Lipinski definition) is 2. The van der Waals surface area contributed by atoms with Crippen LogP contribution in [0, 0.1) is 17.5 Å². The number of rotatable bonds is 2. The molecule has 132 valence electrons. The molecule has 1 saturated heterocycles. The number of carbonyl (C=O) groups excluding carboxylic acids is 1. The van der Waals surface area contributed by atoms with Gasteiger partial charge in [0.2, 0.25) is 0 Å². The van der Waals surface area contributed by atoms with E-state index in [1.165, 1.54) is 0 Å². The molecule has 2 N–H and O–H groups in total. The molecule has 0 spiro atoms. The van der Waals surface area contributed by atoms with E-state index in [9.17, 15) is 18.0 Å². The van der Waals surface area contributed by atoms with E-state index in [0.29, 0.717) is 17.7 Å². The number of carbonyl (C=O) groups is 1. The van der Waals surface area contributed by atoms with Crippen LogP contribution >= 0.6 is 0 Å². The third kappa shape index (κ3) is 3.54. The van der Waals surface area contributed by atoms with Crippen molar-refractivity contribution in [2.75, 3.05) is 6.54 Å². The maximum atomic E-state index is 13.4. The minimum Gasteiger partial charge on any atom is -0.336 e. The van der Waals surface area contributed by atoms with Gasteiger partial charge in [-0.2, -0.15) is 0 Å². The third-order valence-electron chi connectivity index (χ3n) is 4.63. The number of nitrogens with two attached hydrogens (primary N) is 1. The van der Waals surface area contributed by atoms with Gasteiger partial charge in [-0.3, -0.25) is 4.79 Å². The first-order valence-electron chi connectivity index (χ1n) is 8.18. The topological polar surface area (TPSA) is 46.3 Å². The van der Waals surface area contributed by atoms with Crippen LogP contribution in [0.5, 0.6) is 0 Å². The lowest BCUT2D eigenvalue weighted by Gasteiger charge is -2.36. The number of hydrogen-bond donors (Lipinski definition) is 1. The highest BCUT2D eigenvalue weighted by Crippen LogP contribution is 2.25. The van der Waals surface area contributed by atoms with Gasteiger partial charge in [0.15, 0.2) is 17.5 Å². The Hall–Kier alpha value is -2.34. The lowest BCUT2D eigenvalue weighted by molar-refractivity contribution is 0.0619. The summed E-state index contributed by atoms with van der Waals surface area (Å²) in [6.45, 7) is 2.58. The number of halogens is 3. The van der Waals surface area contributed by atoms with Gasteiger partial charge in [0.1, 0.15) is 0 Å². The quantitative estimate of drug-likeness (QED) is 0.841. The Bertz CT molecular complexity index is 769. The molecule has 25 heavy (non-hydrogen) atoms. The molecule has 0 aromatic heterocycles. The monoisotopic (exact) mass is 348 g/mol. The minimum atomic E-state index is -1.49. The van der Waals surface area contributed by atoms with Gasteiger partial charge in [0.25, 0.3) is 5.91 Å². The molecule has 1 aliphatic heterocycles. The van der Waals surface area contributed by atoms with Crippen molar-refractivity contribution in [2.24, 2.45) is 5.73 Å². The lowest BCUT2D eigenvalue weighted by Crippen LogP contribution is -2.48. The SMILES string of the molecule is C[C@@H]1C[C@H](N)CCN1C(=O)c1ccc(-c2cc(F)c(F)c(F)c2)cc1. The van der Waals surface area contributed by atoms with Crippen molar-refractivity contribution < 1.29 is 18.0 Å². The van der Waals surface area contributed by atoms with Crippen LogP contribution in [0.15, 0.2) is 36.4 Å². The second-order valence-corrected chi connectivity index (χ2v) is 6.46. The summed E-state index contributed by atoms with van der Waals surface area (Å²) >= 11 is 0. The molecule has 0 unspecified atom stereocenters. The fourth-order valence-corrected chi connectivity index (χ4v) is 3.20. The van der Waals surface area contributed by atoms with Crippen LogP contribution in [-0.4, -0.2) is 29.4 Å². The van der Waals surface area contributed by atoms with Gasteiger partial charge in [-0.25, -0.2) is 13.2 Å². The Balaban J connectivity index is 1.82. The Morgan fingerprint density at radius 1 is 1.08 bits per heavy atom. The molecular formula is C19H19F3N2O. The normalized spacial score (nSPS) is 20.6. The van der Waals surface area contributed by atoms with Gasteiger partial charge in [0, 0.05) is 24.2 Å². The van der Waals surface area contributed by atoms with Crippen LogP contribution in [0.25, 0.3) is 11.1 Å². The smallest absolute Gasteiger partial charge is 0.254 e. The van der Waals surface area contributed by atoms with Gasteiger partial charge in [-0.05, 0) is 55.2 Å². The average molecular weight is 348 g/mol. The van der Waals surface area contributed by atoms with Gasteiger partial charge in [-0.15, -0.1) is 0 Å². The van der Waals surface area contributed by atoms with E-state index >= 15 is 0 Å². The molecule has 0 aliphatic carbocycles. The molecule has 1 fully saturated rings. The number of amides is 1. The van der Waals surface area contributed by atoms with Crippen LogP contribution in [0.1, 0.15) is 30.1 Å². The van der Waals surface area contributed by atoms with Crippen molar-refractivity contribution in [3.63, 3.8) is 0 Å². The molecule has 3 rings (SSSR count). The van der Waals surface area contributed by atoms with E-state index in [0.717, 1.165) is 25.0 Å². The molecule has 2 aromatic carbocycles. The highest BCUT2D eigenvalue weighted by Gasteiger charge is 2.27. The van der Waals surface area contributed by atoms with Crippen molar-refractivity contribution >= 4 is 5.91 Å². The number of nitrogens with zero attached hydrogens (tertiary/aromatic N) is 1. The first-order valence-corrected chi connectivity index (χ1v) is 8.18. The summed E-state index contributed by atoms with van der Waals surface area (Å²) in [5.41, 5.74) is 7.13. The molecule has 0 bridgehead atoms. The molecule has 0 saturated carbocycles. The summed E-state index contributed by atoms with van der Waals surface area (Å²) in [6.07, 6.45) is 1.53. The molecular weight excluding hydrogens is 329 g/mol. The molecule has 2 atom stereocenters. The largest absolute Gasteiger partial charge is 0.336 e. The van der Waals surface area contributed by atoms with Gasteiger partial charge in [0.05, 0.1) is 0 Å². The second kappa shape index (κ2) is 6.88. The highest BCUT2D eigenvalue weighted by molar-refractivity contribution is 5.95. The maximum Gasteiger partial charge on any atom is 0.254 e. The molecule has 1 heterocycles. The molecule has 6 heteroatoms. The van der Waals surface area contributed by atoms with Gasteiger partial charge >= 0.3 is 0 Å². The van der Waals surface area contributed by atoms with Crippen molar-refractivity contribution in [3.05, 3.63) is 59.4 Å².